The number of allylic oxidation sites excluding steroid dienone is 4. The molecule has 1 aliphatic carbocycles. The van der Waals surface area contributed by atoms with Crippen molar-refractivity contribution in [2.75, 3.05) is 0 Å². The topological polar surface area (TPSA) is 0 Å². The SMILES string of the molecule is ClC1=[C]([Ru])CC=C1.c1ccc(P(c2ccccc2)c2ccccc2)cc1.c1ccc(P(c2ccccc2)c2ccccc2)cc1. The van der Waals surface area contributed by atoms with E-state index in [0.29, 0.717) is 0 Å². The molecular weight excluding hydrogens is 691 g/mol. The summed E-state index contributed by atoms with van der Waals surface area (Å²) in [6.07, 6.45) is 4.98. The van der Waals surface area contributed by atoms with Gasteiger partial charge in [0, 0.05) is 0 Å². The van der Waals surface area contributed by atoms with E-state index in [4.69, 9.17) is 11.6 Å². The molecule has 0 aromatic heterocycles. The van der Waals surface area contributed by atoms with Crippen LogP contribution in [0.1, 0.15) is 6.42 Å². The van der Waals surface area contributed by atoms with Crippen molar-refractivity contribution < 1.29 is 18.3 Å². The molecule has 0 heterocycles. The Balaban J connectivity index is 0.000000147. The zero-order valence-corrected chi connectivity index (χ0v) is 29.1. The third-order valence-corrected chi connectivity index (χ3v) is 13.2. The van der Waals surface area contributed by atoms with E-state index in [1.54, 1.807) is 0 Å². The molecule has 6 aromatic rings. The summed E-state index contributed by atoms with van der Waals surface area (Å²) in [7, 11) is -0.892. The maximum absolute atomic E-state index is 5.64. The van der Waals surface area contributed by atoms with Crippen molar-refractivity contribution in [3.63, 3.8) is 0 Å². The molecule has 1 aliphatic rings. The number of halogens is 1. The van der Waals surface area contributed by atoms with E-state index in [1.165, 1.54) is 36.0 Å². The van der Waals surface area contributed by atoms with Crippen molar-refractivity contribution in [2.45, 2.75) is 6.42 Å². The maximum atomic E-state index is 5.64. The van der Waals surface area contributed by atoms with Crippen LogP contribution in [0.25, 0.3) is 0 Å². The van der Waals surface area contributed by atoms with Gasteiger partial charge in [-0.25, -0.2) is 0 Å². The van der Waals surface area contributed by atoms with Crippen LogP contribution in [0.4, 0.5) is 0 Å². The van der Waals surface area contributed by atoms with Gasteiger partial charge < -0.3 is 0 Å². The predicted octanol–water partition coefficient (Wildman–Crippen LogP) is 8.83. The molecule has 0 unspecified atom stereocenters. The number of rotatable bonds is 6. The molecule has 0 spiro atoms. The molecule has 0 fully saturated rings. The molecule has 0 saturated carbocycles. The summed E-state index contributed by atoms with van der Waals surface area (Å²) in [5.74, 6) is 0. The van der Waals surface area contributed by atoms with E-state index in [9.17, 15) is 0 Å². The Morgan fingerprint density at radius 2 is 0.600 bits per heavy atom. The van der Waals surface area contributed by atoms with Gasteiger partial charge in [-0.2, -0.15) is 0 Å². The van der Waals surface area contributed by atoms with Gasteiger partial charge in [0.25, 0.3) is 0 Å². The first kappa shape index (κ1) is 33.0. The molecule has 0 N–H and O–H groups in total. The standard InChI is InChI=1S/2C18H15P.C5H4Cl.Ru/c2*1-4-10-16(11-5-1)19(17-12-6-2-7-13-17)18-14-8-3-9-15-18;6-5-3-1-2-4-5;/h2*1-15H;1,3H,2H2;. The molecule has 0 atom stereocenters. The first-order valence-corrected chi connectivity index (χ1v) is 18.7. The quantitative estimate of drug-likeness (QED) is 0.119. The largest absolute Gasteiger partial charge is 0.0622 e. The fourth-order valence-electron chi connectivity index (χ4n) is 4.81. The van der Waals surface area contributed by atoms with E-state index in [-0.39, 0.29) is 0 Å². The Labute approximate surface area is 285 Å². The van der Waals surface area contributed by atoms with Crippen LogP contribution in [0.5, 0.6) is 0 Å². The maximum Gasteiger partial charge on any atom is -0.0134 e. The molecule has 0 amide bonds. The van der Waals surface area contributed by atoms with Gasteiger partial charge in [-0.1, -0.05) is 182 Å². The van der Waals surface area contributed by atoms with Crippen LogP contribution in [0.15, 0.2) is 203 Å². The van der Waals surface area contributed by atoms with Crippen molar-refractivity contribution in [1.82, 2.24) is 0 Å². The number of hydrogen-bond acceptors (Lipinski definition) is 0. The van der Waals surface area contributed by atoms with Crippen LogP contribution >= 0.6 is 27.4 Å². The Kier molecular flexibility index (Phi) is 13.1. The molecule has 0 nitrogen and oxygen atoms in total. The minimum absolute atomic E-state index is 0.446. The minimum atomic E-state index is -0.446. The molecule has 223 valence electrons. The second kappa shape index (κ2) is 17.9. The average molecular weight is 725 g/mol. The van der Waals surface area contributed by atoms with Crippen LogP contribution in [0.2, 0.25) is 0 Å². The molecule has 0 radical (unpaired) electrons. The summed E-state index contributed by atoms with van der Waals surface area (Å²) in [5.41, 5.74) is 0. The summed E-state index contributed by atoms with van der Waals surface area (Å²) in [6.45, 7) is 0. The van der Waals surface area contributed by atoms with Gasteiger partial charge in [-0.3, -0.25) is 0 Å². The molecule has 6 aromatic carbocycles. The van der Waals surface area contributed by atoms with Gasteiger partial charge >= 0.3 is 57.7 Å². The smallest absolute Gasteiger partial charge is 0.0134 e. The van der Waals surface area contributed by atoms with Crippen LogP contribution in [0, 0.1) is 0 Å². The summed E-state index contributed by atoms with van der Waals surface area (Å²) >= 11 is 8.15. The molecular formula is C41H34ClP2Ru. The monoisotopic (exact) mass is 725 g/mol. The van der Waals surface area contributed by atoms with Gasteiger partial charge in [0.1, 0.15) is 0 Å². The van der Waals surface area contributed by atoms with Crippen LogP contribution in [0.3, 0.4) is 0 Å². The van der Waals surface area contributed by atoms with Crippen molar-refractivity contribution in [2.24, 2.45) is 0 Å². The van der Waals surface area contributed by atoms with Crippen LogP contribution in [-0.4, -0.2) is 0 Å². The van der Waals surface area contributed by atoms with Gasteiger partial charge in [0.2, 0.25) is 0 Å². The molecule has 0 aliphatic heterocycles. The van der Waals surface area contributed by atoms with Crippen molar-refractivity contribution in [1.29, 1.82) is 0 Å². The Morgan fingerprint density at radius 1 is 0.378 bits per heavy atom. The molecule has 4 heteroatoms. The van der Waals surface area contributed by atoms with E-state index in [1.807, 2.05) is 12.2 Å². The third kappa shape index (κ3) is 9.78. The Hall–Kier alpha value is -3.43. The fraction of sp³-hybridized carbons (Fsp3) is 0.0244. The van der Waals surface area contributed by atoms with E-state index in [0.717, 1.165) is 11.5 Å². The summed E-state index contributed by atoms with van der Waals surface area (Å²) in [4.78, 5) is 0. The Morgan fingerprint density at radius 3 is 0.733 bits per heavy atom. The minimum Gasteiger partial charge on any atom is -0.0622 e. The van der Waals surface area contributed by atoms with E-state index >= 15 is 0 Å². The van der Waals surface area contributed by atoms with E-state index < -0.39 is 15.8 Å². The van der Waals surface area contributed by atoms with Gasteiger partial charge in [-0.05, 0) is 47.7 Å². The molecule has 0 saturated heterocycles. The second-order valence-corrected chi connectivity index (χ2v) is 15.9. The Bertz CT molecular complexity index is 1450. The van der Waals surface area contributed by atoms with Crippen molar-refractivity contribution in [3.8, 4) is 0 Å². The van der Waals surface area contributed by atoms with Crippen molar-refractivity contribution >= 4 is 59.3 Å². The van der Waals surface area contributed by atoms with Crippen LogP contribution in [-0.2, 0) is 18.3 Å². The zero-order chi connectivity index (χ0) is 31.1. The molecule has 45 heavy (non-hydrogen) atoms. The molecule has 0 bridgehead atoms. The molecule has 7 rings (SSSR count). The fourth-order valence-corrected chi connectivity index (χ4v) is 9.93. The van der Waals surface area contributed by atoms with Crippen molar-refractivity contribution in [3.05, 3.63) is 203 Å². The predicted molar refractivity (Wildman–Crippen MR) is 197 cm³/mol. The average Bonchev–Trinajstić information content (AvgIpc) is 3.50. The van der Waals surface area contributed by atoms with Crippen LogP contribution < -0.4 is 31.8 Å². The summed E-state index contributed by atoms with van der Waals surface area (Å²) in [5, 5.41) is 9.27. The number of benzene rings is 6. The zero-order valence-electron chi connectivity index (χ0n) is 24.8. The normalized spacial score (nSPS) is 11.9. The third-order valence-electron chi connectivity index (χ3n) is 6.90. The van der Waals surface area contributed by atoms with E-state index in [2.05, 4.69) is 200 Å². The van der Waals surface area contributed by atoms with Gasteiger partial charge in [-0.15, -0.1) is 0 Å². The summed E-state index contributed by atoms with van der Waals surface area (Å²) < 4.78 is 1.21. The first-order valence-electron chi connectivity index (χ1n) is 14.8. The van der Waals surface area contributed by atoms with Gasteiger partial charge in [0.05, 0.1) is 0 Å². The van der Waals surface area contributed by atoms with Gasteiger partial charge in [0.15, 0.2) is 0 Å². The number of hydrogen-bond donors (Lipinski definition) is 0. The first-order chi connectivity index (χ1) is 22.2. The summed E-state index contributed by atoms with van der Waals surface area (Å²) in [6, 6.07) is 64.7. The second-order valence-electron chi connectivity index (χ2n) is 10.0.